The molecule has 2 aromatic rings. The molecule has 1 aliphatic heterocycles. The Morgan fingerprint density at radius 2 is 1.94 bits per heavy atom. The number of Topliss-reactive ketones (excluding diaryl/α,β-unsaturated/α-hetero) is 1. The van der Waals surface area contributed by atoms with Crippen LogP contribution in [-0.2, 0) is 9.59 Å². The summed E-state index contributed by atoms with van der Waals surface area (Å²) in [7, 11) is 1.53. The van der Waals surface area contributed by atoms with Crippen molar-refractivity contribution in [1.29, 1.82) is 0 Å². The van der Waals surface area contributed by atoms with Crippen molar-refractivity contribution in [1.82, 2.24) is 14.8 Å². The minimum atomic E-state index is -0.732. The highest BCUT2D eigenvalue weighted by molar-refractivity contribution is 6.46. The van der Waals surface area contributed by atoms with Crippen LogP contribution in [0.5, 0.6) is 5.75 Å². The molecule has 1 aliphatic rings. The fraction of sp³-hybridized carbons (Fsp3) is 0.375. The first-order chi connectivity index (χ1) is 15.0. The maximum absolute atomic E-state index is 13.0. The largest absolute Gasteiger partial charge is 0.507 e. The van der Waals surface area contributed by atoms with Gasteiger partial charge in [0.2, 0.25) is 0 Å². The fourth-order valence-corrected chi connectivity index (χ4v) is 3.89. The van der Waals surface area contributed by atoms with Crippen LogP contribution in [0.2, 0.25) is 0 Å². The highest BCUT2D eigenvalue weighted by atomic mass is 16.5. The Balaban J connectivity index is 2.01. The molecule has 1 aromatic heterocycles. The van der Waals surface area contributed by atoms with Gasteiger partial charge < -0.3 is 19.6 Å². The molecule has 31 heavy (non-hydrogen) atoms. The molecule has 0 aliphatic carbocycles. The van der Waals surface area contributed by atoms with Crippen LogP contribution in [0.15, 0.2) is 54.2 Å². The van der Waals surface area contributed by atoms with Crippen molar-refractivity contribution < 1.29 is 19.4 Å². The summed E-state index contributed by atoms with van der Waals surface area (Å²) in [6, 6.07) is 11.4. The number of aliphatic hydroxyl groups is 1. The molecule has 1 N–H and O–H groups in total. The number of carbonyl (C=O) groups excluding carboxylic acids is 2. The second kappa shape index (κ2) is 10.2. The average molecular weight is 424 g/mol. The van der Waals surface area contributed by atoms with Crippen molar-refractivity contribution in [3.05, 3.63) is 65.5 Å². The van der Waals surface area contributed by atoms with Gasteiger partial charge in [-0.15, -0.1) is 0 Å². The maximum Gasteiger partial charge on any atom is 0.295 e. The Morgan fingerprint density at radius 3 is 2.58 bits per heavy atom. The zero-order valence-electron chi connectivity index (χ0n) is 18.2. The molecule has 0 spiro atoms. The molecular weight excluding hydrogens is 394 g/mol. The van der Waals surface area contributed by atoms with Crippen molar-refractivity contribution in [2.45, 2.75) is 26.3 Å². The van der Waals surface area contributed by atoms with Crippen molar-refractivity contribution in [2.24, 2.45) is 0 Å². The van der Waals surface area contributed by atoms with Crippen LogP contribution in [0, 0.1) is 0 Å². The topological polar surface area (TPSA) is 83.0 Å². The van der Waals surface area contributed by atoms with Gasteiger partial charge in [0.1, 0.15) is 17.6 Å². The fourth-order valence-electron chi connectivity index (χ4n) is 3.89. The van der Waals surface area contributed by atoms with Gasteiger partial charge in [0.05, 0.1) is 18.4 Å². The molecule has 0 radical (unpaired) electrons. The van der Waals surface area contributed by atoms with Crippen LogP contribution in [-0.4, -0.2) is 64.9 Å². The number of likely N-dealkylation sites (tertiary alicyclic amines) is 1. The van der Waals surface area contributed by atoms with Crippen molar-refractivity contribution in [2.75, 3.05) is 33.3 Å². The summed E-state index contributed by atoms with van der Waals surface area (Å²) < 4.78 is 5.23. The molecule has 1 atom stereocenters. The van der Waals surface area contributed by atoms with Crippen molar-refractivity contribution in [3.8, 4) is 5.75 Å². The van der Waals surface area contributed by atoms with E-state index in [4.69, 9.17) is 4.74 Å². The third-order valence-electron chi connectivity index (χ3n) is 5.62. The second-order valence-electron chi connectivity index (χ2n) is 7.36. The zero-order chi connectivity index (χ0) is 22.4. The van der Waals surface area contributed by atoms with Crippen LogP contribution in [0.1, 0.15) is 37.6 Å². The van der Waals surface area contributed by atoms with E-state index >= 15 is 0 Å². The number of carbonyl (C=O) groups is 2. The number of pyridine rings is 1. The van der Waals surface area contributed by atoms with Gasteiger partial charge >= 0.3 is 0 Å². The Hall–Kier alpha value is -3.19. The standard InChI is InChI=1S/C24H29N3O4/c1-4-26(5-2)14-9-15-27-21(19-12-6-7-13-25-19)20(23(29)24(27)30)22(28)17-10-8-11-18(16-17)31-3/h6-8,10-13,16,21,28H,4-5,9,14-15H2,1-3H3. The number of hydrogen-bond donors (Lipinski definition) is 1. The predicted molar refractivity (Wildman–Crippen MR) is 119 cm³/mol. The molecule has 7 heteroatoms. The number of nitrogens with zero attached hydrogens (tertiary/aromatic N) is 3. The molecule has 1 aromatic carbocycles. The van der Waals surface area contributed by atoms with Crippen LogP contribution in [0.25, 0.3) is 5.76 Å². The van der Waals surface area contributed by atoms with E-state index in [0.717, 1.165) is 26.1 Å². The van der Waals surface area contributed by atoms with Crippen LogP contribution in [0.4, 0.5) is 0 Å². The van der Waals surface area contributed by atoms with Gasteiger partial charge in [0.15, 0.2) is 0 Å². The lowest BCUT2D eigenvalue weighted by Gasteiger charge is -2.26. The number of benzene rings is 1. The molecule has 0 saturated carbocycles. The molecule has 3 rings (SSSR count). The zero-order valence-corrected chi connectivity index (χ0v) is 18.2. The lowest BCUT2D eigenvalue weighted by molar-refractivity contribution is -0.140. The summed E-state index contributed by atoms with van der Waals surface area (Å²) in [5, 5.41) is 11.1. The quantitative estimate of drug-likeness (QED) is 0.379. The summed E-state index contributed by atoms with van der Waals surface area (Å²) in [5.41, 5.74) is 1.02. The van der Waals surface area contributed by atoms with Gasteiger partial charge in [-0.1, -0.05) is 32.0 Å². The van der Waals surface area contributed by atoms with Gasteiger partial charge in [-0.05, 0) is 50.3 Å². The Morgan fingerprint density at radius 1 is 1.16 bits per heavy atom. The Kier molecular flexibility index (Phi) is 7.41. The van der Waals surface area contributed by atoms with E-state index in [2.05, 4.69) is 23.7 Å². The molecule has 7 nitrogen and oxygen atoms in total. The molecular formula is C24H29N3O4. The van der Waals surface area contributed by atoms with E-state index < -0.39 is 17.7 Å². The first-order valence-electron chi connectivity index (χ1n) is 10.6. The van der Waals surface area contributed by atoms with Crippen LogP contribution >= 0.6 is 0 Å². The highest BCUT2D eigenvalue weighted by Gasteiger charge is 2.46. The van der Waals surface area contributed by atoms with Gasteiger partial charge in [-0.25, -0.2) is 0 Å². The van der Waals surface area contributed by atoms with Crippen LogP contribution < -0.4 is 4.74 Å². The van der Waals surface area contributed by atoms with Gasteiger partial charge in [-0.3, -0.25) is 14.6 Å². The minimum absolute atomic E-state index is 0.0554. The smallest absolute Gasteiger partial charge is 0.295 e. The molecule has 1 fully saturated rings. The van der Waals surface area contributed by atoms with E-state index in [0.29, 0.717) is 23.6 Å². The van der Waals surface area contributed by atoms with E-state index in [1.165, 1.54) is 12.0 Å². The number of amides is 1. The summed E-state index contributed by atoms with van der Waals surface area (Å²) in [6.07, 6.45) is 2.34. The maximum atomic E-state index is 13.0. The third kappa shape index (κ3) is 4.77. The van der Waals surface area contributed by atoms with E-state index in [-0.39, 0.29) is 11.3 Å². The number of ether oxygens (including phenoxy) is 1. The first-order valence-corrected chi connectivity index (χ1v) is 10.6. The molecule has 164 valence electrons. The van der Waals surface area contributed by atoms with Crippen LogP contribution in [0.3, 0.4) is 0 Å². The molecule has 1 amide bonds. The lowest BCUT2D eigenvalue weighted by Crippen LogP contribution is -2.33. The van der Waals surface area contributed by atoms with Crippen molar-refractivity contribution in [3.63, 3.8) is 0 Å². The van der Waals surface area contributed by atoms with Gasteiger partial charge in [0, 0.05) is 18.3 Å². The first kappa shape index (κ1) is 22.5. The molecule has 2 heterocycles. The number of ketones is 1. The van der Waals surface area contributed by atoms with Crippen molar-refractivity contribution >= 4 is 17.4 Å². The number of methoxy groups -OCH3 is 1. The second-order valence-corrected chi connectivity index (χ2v) is 7.36. The van der Waals surface area contributed by atoms with E-state index in [1.807, 2.05) is 6.07 Å². The Bertz CT molecular complexity index is 954. The monoisotopic (exact) mass is 423 g/mol. The van der Waals surface area contributed by atoms with E-state index in [9.17, 15) is 14.7 Å². The third-order valence-corrected chi connectivity index (χ3v) is 5.62. The summed E-state index contributed by atoms with van der Waals surface area (Å²) in [6.45, 7) is 7.26. The Labute approximate surface area is 183 Å². The lowest BCUT2D eigenvalue weighted by atomic mass is 9.98. The SMILES string of the molecule is CCN(CC)CCCN1C(=O)C(=O)C(=C(O)c2cccc(OC)c2)C1c1ccccn1. The number of aromatic nitrogens is 1. The molecule has 0 bridgehead atoms. The van der Waals surface area contributed by atoms with Gasteiger partial charge in [0.25, 0.3) is 11.7 Å². The normalized spacial score (nSPS) is 18.1. The number of hydrogen-bond acceptors (Lipinski definition) is 6. The summed E-state index contributed by atoms with van der Waals surface area (Å²) in [5.74, 6) is -0.982. The molecule has 1 unspecified atom stereocenters. The highest BCUT2D eigenvalue weighted by Crippen LogP contribution is 2.38. The minimum Gasteiger partial charge on any atom is -0.507 e. The van der Waals surface area contributed by atoms with Gasteiger partial charge in [-0.2, -0.15) is 0 Å². The average Bonchev–Trinajstić information content (AvgIpc) is 3.07. The van der Waals surface area contributed by atoms with E-state index in [1.54, 1.807) is 42.6 Å². The summed E-state index contributed by atoms with van der Waals surface area (Å²) in [4.78, 5) is 34.1. The predicted octanol–water partition coefficient (Wildman–Crippen LogP) is 3.24. The number of rotatable bonds is 9. The number of aliphatic hydroxyl groups excluding tert-OH is 1. The molecule has 1 saturated heterocycles. The summed E-state index contributed by atoms with van der Waals surface area (Å²) >= 11 is 0.